The van der Waals surface area contributed by atoms with Crippen LogP contribution in [0.5, 0.6) is 11.5 Å². The largest absolute Gasteiger partial charge is 0.489 e. The number of benzene rings is 1. The Labute approximate surface area is 112 Å². The van der Waals surface area contributed by atoms with Crippen molar-refractivity contribution in [1.82, 2.24) is 5.32 Å². The molecule has 1 saturated heterocycles. The number of ether oxygens (including phenoxy) is 2. The zero-order valence-corrected chi connectivity index (χ0v) is 11.1. The predicted molar refractivity (Wildman–Crippen MR) is 71.9 cm³/mol. The van der Waals surface area contributed by atoms with Crippen LogP contribution in [0.3, 0.4) is 0 Å². The van der Waals surface area contributed by atoms with Gasteiger partial charge in [-0.05, 0) is 25.5 Å². The van der Waals surface area contributed by atoms with Crippen molar-refractivity contribution in [1.29, 1.82) is 0 Å². The van der Waals surface area contributed by atoms with Crippen LogP contribution in [-0.2, 0) is 0 Å². The fraction of sp³-hybridized carbons (Fsp3) is 0.571. The molecule has 1 aromatic carbocycles. The van der Waals surface area contributed by atoms with Gasteiger partial charge in [0, 0.05) is 24.4 Å². The van der Waals surface area contributed by atoms with E-state index in [1.165, 1.54) is 18.4 Å². The lowest BCUT2D eigenvalue weighted by Gasteiger charge is -2.25. The Morgan fingerprint density at radius 2 is 1.94 bits per heavy atom. The number of fused-ring (bicyclic) bond motifs is 1. The van der Waals surface area contributed by atoms with Gasteiger partial charge in [0.05, 0.1) is 18.2 Å². The zero-order chi connectivity index (χ0) is 12.4. The smallest absolute Gasteiger partial charge is 0.180 e. The van der Waals surface area contributed by atoms with Crippen LogP contribution in [0.1, 0.15) is 30.7 Å². The van der Waals surface area contributed by atoms with Crippen molar-refractivity contribution in [3.63, 3.8) is 0 Å². The highest BCUT2D eigenvalue weighted by Gasteiger charge is 2.24. The highest BCUT2D eigenvalue weighted by atomic mass is 35.5. The Kier molecular flexibility index (Phi) is 3.62. The molecule has 3 nitrogen and oxygen atoms in total. The van der Waals surface area contributed by atoms with E-state index in [9.17, 15) is 0 Å². The minimum atomic E-state index is 0.506. The maximum atomic E-state index is 6.20. The van der Waals surface area contributed by atoms with E-state index < -0.39 is 0 Å². The number of rotatable bonds is 1. The molecule has 2 aliphatic heterocycles. The Bertz CT molecular complexity index is 430. The summed E-state index contributed by atoms with van der Waals surface area (Å²) in [5.41, 5.74) is 1.24. The highest BCUT2D eigenvalue weighted by Crippen LogP contribution is 2.43. The summed E-state index contributed by atoms with van der Waals surface area (Å²) in [4.78, 5) is 0. The Morgan fingerprint density at radius 1 is 1.11 bits per heavy atom. The second-order valence-electron chi connectivity index (χ2n) is 4.89. The van der Waals surface area contributed by atoms with Crippen LogP contribution < -0.4 is 14.8 Å². The fourth-order valence-corrected chi connectivity index (χ4v) is 2.89. The third-order valence-corrected chi connectivity index (χ3v) is 3.91. The normalized spacial score (nSPS) is 23.5. The molecule has 2 aliphatic rings. The van der Waals surface area contributed by atoms with E-state index in [2.05, 4.69) is 11.4 Å². The lowest BCUT2D eigenvalue weighted by Crippen LogP contribution is -2.28. The summed E-state index contributed by atoms with van der Waals surface area (Å²) in [6.07, 6.45) is 3.32. The topological polar surface area (TPSA) is 30.5 Å². The van der Waals surface area contributed by atoms with Gasteiger partial charge >= 0.3 is 0 Å². The molecular weight excluding hydrogens is 250 g/mol. The Morgan fingerprint density at radius 3 is 2.72 bits per heavy atom. The van der Waals surface area contributed by atoms with Crippen molar-refractivity contribution in [2.45, 2.75) is 25.2 Å². The highest BCUT2D eigenvalue weighted by molar-refractivity contribution is 6.32. The fourth-order valence-electron chi connectivity index (χ4n) is 2.68. The molecule has 18 heavy (non-hydrogen) atoms. The van der Waals surface area contributed by atoms with Gasteiger partial charge in [-0.1, -0.05) is 17.7 Å². The Hall–Kier alpha value is -0.930. The lowest BCUT2D eigenvalue weighted by molar-refractivity contribution is 0.295. The van der Waals surface area contributed by atoms with Crippen LogP contribution in [0.2, 0.25) is 5.02 Å². The molecular formula is C14H18ClNO2. The summed E-state index contributed by atoms with van der Waals surface area (Å²) in [5, 5.41) is 4.09. The molecule has 0 aromatic heterocycles. The van der Waals surface area contributed by atoms with Gasteiger partial charge in [-0.15, -0.1) is 0 Å². The minimum Gasteiger partial charge on any atom is -0.489 e. The molecule has 0 saturated carbocycles. The van der Waals surface area contributed by atoms with Crippen molar-refractivity contribution in [3.05, 3.63) is 22.7 Å². The van der Waals surface area contributed by atoms with Crippen molar-refractivity contribution < 1.29 is 9.47 Å². The molecule has 0 radical (unpaired) electrons. The molecule has 98 valence electrons. The predicted octanol–water partition coefficient (Wildman–Crippen LogP) is 2.97. The van der Waals surface area contributed by atoms with Gasteiger partial charge in [-0.2, -0.15) is 0 Å². The third-order valence-electron chi connectivity index (χ3n) is 3.61. The molecule has 3 rings (SSSR count). The summed E-state index contributed by atoms with van der Waals surface area (Å²) in [6, 6.07) is 4.02. The number of nitrogens with one attached hydrogen (secondary N) is 1. The molecule has 2 heterocycles. The van der Waals surface area contributed by atoms with Crippen LogP contribution in [0, 0.1) is 0 Å². The van der Waals surface area contributed by atoms with E-state index in [0.29, 0.717) is 24.2 Å². The molecule has 1 fully saturated rings. The maximum Gasteiger partial charge on any atom is 0.180 e. The van der Waals surface area contributed by atoms with Crippen LogP contribution in [0.25, 0.3) is 0 Å². The lowest BCUT2D eigenvalue weighted by atomic mass is 9.91. The zero-order valence-electron chi connectivity index (χ0n) is 10.4. The summed E-state index contributed by atoms with van der Waals surface area (Å²) < 4.78 is 11.6. The van der Waals surface area contributed by atoms with Crippen molar-refractivity contribution in [3.8, 4) is 11.5 Å². The molecule has 0 aliphatic carbocycles. The van der Waals surface area contributed by atoms with Crippen LogP contribution in [0.4, 0.5) is 0 Å². The van der Waals surface area contributed by atoms with Crippen molar-refractivity contribution in [2.24, 2.45) is 0 Å². The summed E-state index contributed by atoms with van der Waals surface area (Å²) in [7, 11) is 0. The van der Waals surface area contributed by atoms with Crippen molar-refractivity contribution in [2.75, 3.05) is 26.3 Å². The second-order valence-corrected chi connectivity index (χ2v) is 5.30. The summed E-state index contributed by atoms with van der Waals surface area (Å²) in [5.74, 6) is 2.11. The number of piperidine rings is 1. The first-order valence-electron chi connectivity index (χ1n) is 6.65. The SMILES string of the molecule is Clc1ccc(C2CCCNC2)c2c1OCCCO2. The summed E-state index contributed by atoms with van der Waals surface area (Å²) in [6.45, 7) is 3.51. The monoisotopic (exact) mass is 267 g/mol. The molecule has 1 aromatic rings. The van der Waals surface area contributed by atoms with E-state index in [4.69, 9.17) is 21.1 Å². The molecule has 0 amide bonds. The van der Waals surface area contributed by atoms with E-state index in [-0.39, 0.29) is 0 Å². The second kappa shape index (κ2) is 5.37. The van der Waals surface area contributed by atoms with Crippen LogP contribution >= 0.6 is 11.6 Å². The molecule has 1 unspecified atom stereocenters. The minimum absolute atomic E-state index is 0.506. The number of hydrogen-bond acceptors (Lipinski definition) is 3. The van der Waals surface area contributed by atoms with Crippen LogP contribution in [0.15, 0.2) is 12.1 Å². The first-order chi connectivity index (χ1) is 8.86. The van der Waals surface area contributed by atoms with Gasteiger partial charge in [0.15, 0.2) is 11.5 Å². The molecule has 1 N–H and O–H groups in total. The number of hydrogen-bond donors (Lipinski definition) is 1. The molecule has 4 heteroatoms. The Balaban J connectivity index is 1.98. The van der Waals surface area contributed by atoms with Crippen molar-refractivity contribution >= 4 is 11.6 Å². The van der Waals surface area contributed by atoms with Gasteiger partial charge in [0.2, 0.25) is 0 Å². The van der Waals surface area contributed by atoms with Gasteiger partial charge in [-0.3, -0.25) is 0 Å². The van der Waals surface area contributed by atoms with Crippen LogP contribution in [-0.4, -0.2) is 26.3 Å². The van der Waals surface area contributed by atoms with Gasteiger partial charge in [0.1, 0.15) is 0 Å². The molecule has 0 spiro atoms. The number of halogens is 1. The standard InChI is InChI=1S/C14H18ClNO2/c15-12-5-4-11(10-3-1-6-16-9-10)13-14(12)18-8-2-7-17-13/h4-5,10,16H,1-3,6-9H2. The van der Waals surface area contributed by atoms with E-state index in [0.717, 1.165) is 31.0 Å². The van der Waals surface area contributed by atoms with E-state index in [1.807, 2.05) is 6.07 Å². The molecule has 0 bridgehead atoms. The van der Waals surface area contributed by atoms with Gasteiger partial charge in [-0.25, -0.2) is 0 Å². The molecule has 1 atom stereocenters. The van der Waals surface area contributed by atoms with Gasteiger partial charge < -0.3 is 14.8 Å². The van der Waals surface area contributed by atoms with E-state index >= 15 is 0 Å². The third kappa shape index (κ3) is 2.29. The maximum absolute atomic E-state index is 6.20. The van der Waals surface area contributed by atoms with Gasteiger partial charge in [0.25, 0.3) is 0 Å². The quantitative estimate of drug-likeness (QED) is 0.849. The summed E-state index contributed by atoms with van der Waals surface area (Å²) >= 11 is 6.20. The first-order valence-corrected chi connectivity index (χ1v) is 7.03. The first kappa shape index (κ1) is 12.1. The average molecular weight is 268 g/mol. The van der Waals surface area contributed by atoms with E-state index in [1.54, 1.807) is 0 Å². The average Bonchev–Trinajstić information content (AvgIpc) is 2.67.